The quantitative estimate of drug-likeness (QED) is 0.394. The van der Waals surface area contributed by atoms with Gasteiger partial charge in [-0.3, -0.25) is 4.90 Å². The maximum absolute atomic E-state index is 14.5. The standard InChI is InChI=1S/C27H30ClFN4O3/c1-35-24-14-23-20(27(31-16-30-23)32-22-7-4-6-21(28)26(22)29)13-25(24)36-19-10-8-17(9-11-19)33-12-3-2-5-18(33)15-34/h4,6-7,13-19H,2-3,5,8-12H2,1H3,(H,30,31,32)/t17-,18-,19-/m0/s1. The molecule has 0 amide bonds. The summed E-state index contributed by atoms with van der Waals surface area (Å²) in [5.74, 6) is 1.09. The third-order valence-electron chi connectivity index (χ3n) is 7.28. The van der Waals surface area contributed by atoms with Gasteiger partial charge in [-0.15, -0.1) is 0 Å². The number of ether oxygens (including phenoxy) is 2. The van der Waals surface area contributed by atoms with Gasteiger partial charge >= 0.3 is 0 Å². The topological polar surface area (TPSA) is 76.6 Å². The summed E-state index contributed by atoms with van der Waals surface area (Å²) in [6.07, 6.45) is 9.62. The summed E-state index contributed by atoms with van der Waals surface area (Å²) < 4.78 is 26.5. The first kappa shape index (κ1) is 24.7. The smallest absolute Gasteiger partial charge is 0.165 e. The number of aromatic nitrogens is 2. The van der Waals surface area contributed by atoms with Crippen molar-refractivity contribution < 1.29 is 18.7 Å². The summed E-state index contributed by atoms with van der Waals surface area (Å²) in [5.41, 5.74) is 0.873. The van der Waals surface area contributed by atoms with Crippen LogP contribution < -0.4 is 14.8 Å². The number of hydrogen-bond donors (Lipinski definition) is 1. The van der Waals surface area contributed by atoms with E-state index in [0.29, 0.717) is 34.3 Å². The minimum atomic E-state index is -0.543. The second-order valence-corrected chi connectivity index (χ2v) is 9.86. The summed E-state index contributed by atoms with van der Waals surface area (Å²) in [7, 11) is 1.60. The van der Waals surface area contributed by atoms with Crippen LogP contribution in [0.15, 0.2) is 36.7 Å². The molecule has 1 saturated heterocycles. The van der Waals surface area contributed by atoms with Crippen molar-refractivity contribution in [2.75, 3.05) is 19.0 Å². The highest BCUT2D eigenvalue weighted by Crippen LogP contribution is 2.38. The fourth-order valence-electron chi connectivity index (χ4n) is 5.40. The second kappa shape index (κ2) is 11.0. The van der Waals surface area contributed by atoms with Gasteiger partial charge in [-0.2, -0.15) is 0 Å². The number of aldehydes is 1. The lowest BCUT2D eigenvalue weighted by molar-refractivity contribution is -0.115. The zero-order valence-electron chi connectivity index (χ0n) is 20.3. The van der Waals surface area contributed by atoms with Gasteiger partial charge < -0.3 is 19.6 Å². The van der Waals surface area contributed by atoms with E-state index in [9.17, 15) is 9.18 Å². The number of anilines is 2. The van der Waals surface area contributed by atoms with Crippen molar-refractivity contribution in [2.24, 2.45) is 0 Å². The van der Waals surface area contributed by atoms with Gasteiger partial charge in [0, 0.05) is 17.5 Å². The van der Waals surface area contributed by atoms with E-state index in [1.807, 2.05) is 6.07 Å². The van der Waals surface area contributed by atoms with Crippen molar-refractivity contribution in [2.45, 2.75) is 63.1 Å². The average Bonchev–Trinajstić information content (AvgIpc) is 2.91. The van der Waals surface area contributed by atoms with Crippen LogP contribution in [0.2, 0.25) is 5.02 Å². The molecule has 1 aliphatic heterocycles. The fraction of sp³-hybridized carbons (Fsp3) is 0.444. The number of benzene rings is 2. The van der Waals surface area contributed by atoms with E-state index in [2.05, 4.69) is 20.2 Å². The largest absolute Gasteiger partial charge is 0.493 e. The molecular formula is C27H30ClFN4O3. The molecule has 36 heavy (non-hydrogen) atoms. The first-order valence-electron chi connectivity index (χ1n) is 12.5. The van der Waals surface area contributed by atoms with Gasteiger partial charge in [-0.1, -0.05) is 24.1 Å². The molecule has 7 nitrogen and oxygen atoms in total. The number of nitrogens with zero attached hydrogens (tertiary/aromatic N) is 3. The van der Waals surface area contributed by atoms with E-state index in [0.717, 1.165) is 57.8 Å². The van der Waals surface area contributed by atoms with Crippen LogP contribution in [0.3, 0.4) is 0 Å². The molecular weight excluding hydrogens is 483 g/mol. The Morgan fingerprint density at radius 3 is 2.72 bits per heavy atom. The third kappa shape index (κ3) is 5.11. The number of carbonyl (C=O) groups excluding carboxylic acids is 1. The molecule has 5 rings (SSSR count). The number of hydrogen-bond acceptors (Lipinski definition) is 7. The molecule has 9 heteroatoms. The number of piperidine rings is 1. The SMILES string of the molecule is COc1cc2ncnc(Nc3cccc(Cl)c3F)c2cc1O[C@H]1CC[C@H](N2CCCC[C@H]2C=O)CC1. The third-order valence-corrected chi connectivity index (χ3v) is 7.57. The molecule has 0 bridgehead atoms. The minimum Gasteiger partial charge on any atom is -0.493 e. The Labute approximate surface area is 215 Å². The minimum absolute atomic E-state index is 0.0312. The predicted molar refractivity (Wildman–Crippen MR) is 138 cm³/mol. The van der Waals surface area contributed by atoms with Crippen LogP contribution in [0, 0.1) is 5.82 Å². The summed E-state index contributed by atoms with van der Waals surface area (Å²) in [5, 5.41) is 3.75. The van der Waals surface area contributed by atoms with Crippen molar-refractivity contribution in [1.29, 1.82) is 0 Å². The van der Waals surface area contributed by atoms with Crippen molar-refractivity contribution in [3.8, 4) is 11.5 Å². The second-order valence-electron chi connectivity index (χ2n) is 9.45. The number of likely N-dealkylation sites (tertiary alicyclic amines) is 1. The summed E-state index contributed by atoms with van der Waals surface area (Å²) in [6, 6.07) is 8.90. The molecule has 190 valence electrons. The van der Waals surface area contributed by atoms with Crippen LogP contribution in [0.25, 0.3) is 10.9 Å². The predicted octanol–water partition coefficient (Wildman–Crippen LogP) is 5.92. The van der Waals surface area contributed by atoms with E-state index in [1.165, 1.54) is 12.4 Å². The molecule has 0 unspecified atom stereocenters. The molecule has 1 aromatic heterocycles. The van der Waals surface area contributed by atoms with Crippen LogP contribution in [-0.2, 0) is 4.79 Å². The zero-order valence-corrected chi connectivity index (χ0v) is 21.0. The first-order chi connectivity index (χ1) is 17.6. The van der Waals surface area contributed by atoms with Gasteiger partial charge in [0.15, 0.2) is 17.3 Å². The lowest BCUT2D eigenvalue weighted by Gasteiger charge is -2.42. The molecule has 1 aliphatic carbocycles. The molecule has 2 aliphatic rings. The molecule has 0 spiro atoms. The van der Waals surface area contributed by atoms with Crippen molar-refractivity contribution in [3.63, 3.8) is 0 Å². The summed E-state index contributed by atoms with van der Waals surface area (Å²) in [6.45, 7) is 1.00. The van der Waals surface area contributed by atoms with Crippen LogP contribution in [0.5, 0.6) is 11.5 Å². The Bertz CT molecular complexity index is 1240. The molecule has 1 saturated carbocycles. The van der Waals surface area contributed by atoms with E-state index in [-0.39, 0.29) is 22.9 Å². The summed E-state index contributed by atoms with van der Waals surface area (Å²) >= 11 is 5.94. The number of halogens is 2. The maximum atomic E-state index is 14.5. The fourth-order valence-corrected chi connectivity index (χ4v) is 5.57. The van der Waals surface area contributed by atoms with Gasteiger partial charge in [0.1, 0.15) is 18.4 Å². The van der Waals surface area contributed by atoms with Crippen LogP contribution in [0.4, 0.5) is 15.9 Å². The molecule has 3 aromatic rings. The number of carbonyl (C=O) groups is 1. The van der Waals surface area contributed by atoms with E-state index in [1.54, 1.807) is 25.3 Å². The van der Waals surface area contributed by atoms with Gasteiger partial charge in [0.05, 0.1) is 35.5 Å². The number of rotatable bonds is 7. The van der Waals surface area contributed by atoms with Gasteiger partial charge in [0.2, 0.25) is 0 Å². The average molecular weight is 513 g/mol. The van der Waals surface area contributed by atoms with E-state index < -0.39 is 5.82 Å². The van der Waals surface area contributed by atoms with Crippen molar-refractivity contribution in [3.05, 3.63) is 47.5 Å². The Morgan fingerprint density at radius 1 is 1.11 bits per heavy atom. The highest BCUT2D eigenvalue weighted by atomic mass is 35.5. The van der Waals surface area contributed by atoms with Crippen molar-refractivity contribution >= 4 is 40.3 Å². The Kier molecular flexibility index (Phi) is 7.53. The maximum Gasteiger partial charge on any atom is 0.165 e. The molecule has 2 aromatic carbocycles. The van der Waals surface area contributed by atoms with Gasteiger partial charge in [-0.25, -0.2) is 14.4 Å². The van der Waals surface area contributed by atoms with E-state index in [4.69, 9.17) is 21.1 Å². The van der Waals surface area contributed by atoms with Gasteiger partial charge in [0.25, 0.3) is 0 Å². The molecule has 2 fully saturated rings. The zero-order chi connectivity index (χ0) is 25.1. The highest BCUT2D eigenvalue weighted by molar-refractivity contribution is 6.31. The number of fused-ring (bicyclic) bond motifs is 1. The molecule has 2 heterocycles. The number of nitrogens with one attached hydrogen (secondary N) is 1. The highest BCUT2D eigenvalue weighted by Gasteiger charge is 2.32. The lowest BCUT2D eigenvalue weighted by atomic mass is 9.89. The number of methoxy groups -OCH3 is 1. The van der Waals surface area contributed by atoms with Crippen LogP contribution >= 0.6 is 11.6 Å². The normalized spacial score (nSPS) is 22.8. The lowest BCUT2D eigenvalue weighted by Crippen LogP contribution is -2.49. The van der Waals surface area contributed by atoms with E-state index >= 15 is 0 Å². The molecule has 1 atom stereocenters. The first-order valence-corrected chi connectivity index (χ1v) is 12.9. The monoisotopic (exact) mass is 512 g/mol. The molecule has 0 radical (unpaired) electrons. The Hall–Kier alpha value is -2.97. The Morgan fingerprint density at radius 2 is 1.94 bits per heavy atom. The van der Waals surface area contributed by atoms with Crippen molar-refractivity contribution in [1.82, 2.24) is 14.9 Å². The molecule has 1 N–H and O–H groups in total. The van der Waals surface area contributed by atoms with Crippen LogP contribution in [-0.4, -0.2) is 53.0 Å². The Balaban J connectivity index is 1.34. The summed E-state index contributed by atoms with van der Waals surface area (Å²) in [4.78, 5) is 22.6. The van der Waals surface area contributed by atoms with Crippen LogP contribution in [0.1, 0.15) is 44.9 Å². The van der Waals surface area contributed by atoms with Gasteiger partial charge in [-0.05, 0) is 63.3 Å².